The highest BCUT2D eigenvalue weighted by Gasteiger charge is 2.20. The van der Waals surface area contributed by atoms with Crippen LogP contribution in [0, 0.1) is 0 Å². The predicted octanol–water partition coefficient (Wildman–Crippen LogP) is 3.70. The van der Waals surface area contributed by atoms with E-state index in [4.69, 9.17) is 4.74 Å². The molecule has 0 aliphatic heterocycles. The van der Waals surface area contributed by atoms with Crippen LogP contribution in [-0.4, -0.2) is 24.2 Å². The highest BCUT2D eigenvalue weighted by Crippen LogP contribution is 2.22. The zero-order chi connectivity index (χ0) is 17.8. The van der Waals surface area contributed by atoms with Crippen molar-refractivity contribution < 1.29 is 14.6 Å². The van der Waals surface area contributed by atoms with Crippen molar-refractivity contribution in [1.82, 2.24) is 5.32 Å². The summed E-state index contributed by atoms with van der Waals surface area (Å²) in [5.74, 6) is 0.528. The van der Waals surface area contributed by atoms with Gasteiger partial charge in [-0.2, -0.15) is 0 Å². The fraction of sp³-hybridized carbons (Fsp3) is 0.190. The van der Waals surface area contributed by atoms with Gasteiger partial charge in [-0.1, -0.05) is 48.5 Å². The second-order valence-corrected chi connectivity index (χ2v) is 6.01. The van der Waals surface area contributed by atoms with Crippen LogP contribution >= 0.6 is 0 Å². The summed E-state index contributed by atoms with van der Waals surface area (Å²) in [6, 6.07) is 20.1. The van der Waals surface area contributed by atoms with Crippen LogP contribution in [0.15, 0.2) is 66.7 Å². The summed E-state index contributed by atoms with van der Waals surface area (Å²) in [6.45, 7) is 1.79. The lowest BCUT2D eigenvalue weighted by atomic mass is 10.0. The Kier molecular flexibility index (Phi) is 5.00. The average Bonchev–Trinajstić information content (AvgIpc) is 2.66. The Morgan fingerprint density at radius 3 is 2.40 bits per heavy atom. The molecule has 4 heteroatoms. The molecular formula is C21H21NO3. The number of carbonyl (C=O) groups is 1. The number of aliphatic hydroxyl groups excluding tert-OH is 1. The van der Waals surface area contributed by atoms with Crippen molar-refractivity contribution in [3.05, 3.63) is 77.9 Å². The van der Waals surface area contributed by atoms with Gasteiger partial charge in [0.1, 0.15) is 5.75 Å². The Labute approximate surface area is 147 Å². The molecule has 0 radical (unpaired) electrons. The monoisotopic (exact) mass is 335 g/mol. The highest BCUT2D eigenvalue weighted by atomic mass is 16.5. The van der Waals surface area contributed by atoms with Crippen LogP contribution in [0.4, 0.5) is 0 Å². The molecule has 0 spiro atoms. The number of nitrogens with one attached hydrogen (secondary N) is 1. The van der Waals surface area contributed by atoms with E-state index in [1.54, 1.807) is 44.4 Å². The molecule has 0 aliphatic carbocycles. The van der Waals surface area contributed by atoms with Crippen LogP contribution in [0.2, 0.25) is 0 Å². The number of aliphatic hydroxyl groups is 1. The van der Waals surface area contributed by atoms with Gasteiger partial charge in [0.15, 0.2) is 0 Å². The Morgan fingerprint density at radius 2 is 1.68 bits per heavy atom. The first kappa shape index (κ1) is 17.0. The first-order valence-corrected chi connectivity index (χ1v) is 8.21. The third-order valence-electron chi connectivity index (χ3n) is 4.32. The maximum atomic E-state index is 12.7. The van der Waals surface area contributed by atoms with Crippen LogP contribution in [0.25, 0.3) is 10.8 Å². The molecule has 0 aliphatic rings. The fourth-order valence-corrected chi connectivity index (χ4v) is 2.88. The molecule has 3 rings (SSSR count). The maximum Gasteiger partial charge on any atom is 0.252 e. The topological polar surface area (TPSA) is 58.6 Å². The van der Waals surface area contributed by atoms with Crippen LogP contribution in [0.3, 0.4) is 0 Å². The molecule has 0 aromatic heterocycles. The third-order valence-corrected chi connectivity index (χ3v) is 4.32. The van der Waals surface area contributed by atoms with E-state index >= 15 is 0 Å². The molecule has 0 saturated heterocycles. The van der Waals surface area contributed by atoms with Gasteiger partial charge < -0.3 is 15.2 Å². The van der Waals surface area contributed by atoms with E-state index in [0.717, 1.165) is 22.1 Å². The van der Waals surface area contributed by atoms with Gasteiger partial charge in [-0.15, -0.1) is 0 Å². The zero-order valence-electron chi connectivity index (χ0n) is 14.3. The molecule has 0 bridgehead atoms. The number of benzene rings is 3. The quantitative estimate of drug-likeness (QED) is 0.747. The SMILES string of the molecule is COc1ccc(C(O)C(C)NC(=O)c2cccc3ccccc23)cc1. The van der Waals surface area contributed by atoms with Crippen molar-refractivity contribution in [3.8, 4) is 5.75 Å². The number of methoxy groups -OCH3 is 1. The zero-order valence-corrected chi connectivity index (χ0v) is 14.3. The third kappa shape index (κ3) is 3.64. The lowest BCUT2D eigenvalue weighted by Crippen LogP contribution is -2.37. The first-order valence-electron chi connectivity index (χ1n) is 8.21. The Balaban J connectivity index is 1.77. The van der Waals surface area contributed by atoms with Crippen molar-refractivity contribution in [2.24, 2.45) is 0 Å². The smallest absolute Gasteiger partial charge is 0.252 e. The van der Waals surface area contributed by atoms with Crippen molar-refractivity contribution in [2.45, 2.75) is 19.1 Å². The number of carbonyl (C=O) groups excluding carboxylic acids is 1. The Bertz CT molecular complexity index is 868. The number of amides is 1. The molecule has 1 amide bonds. The summed E-state index contributed by atoms with van der Waals surface area (Å²) >= 11 is 0. The lowest BCUT2D eigenvalue weighted by Gasteiger charge is -2.21. The molecule has 0 saturated carbocycles. The molecule has 25 heavy (non-hydrogen) atoms. The molecule has 4 nitrogen and oxygen atoms in total. The van der Waals surface area contributed by atoms with Gasteiger partial charge in [-0.05, 0) is 41.5 Å². The molecule has 128 valence electrons. The van der Waals surface area contributed by atoms with Crippen molar-refractivity contribution >= 4 is 16.7 Å². The molecule has 0 heterocycles. The van der Waals surface area contributed by atoms with E-state index in [-0.39, 0.29) is 5.91 Å². The number of rotatable bonds is 5. The van der Waals surface area contributed by atoms with Crippen LogP contribution in [0.5, 0.6) is 5.75 Å². The van der Waals surface area contributed by atoms with Crippen LogP contribution < -0.4 is 10.1 Å². The van der Waals surface area contributed by atoms with Gasteiger partial charge in [0.25, 0.3) is 5.91 Å². The highest BCUT2D eigenvalue weighted by molar-refractivity contribution is 6.07. The molecular weight excluding hydrogens is 314 g/mol. The largest absolute Gasteiger partial charge is 0.497 e. The summed E-state index contributed by atoms with van der Waals surface area (Å²) in [4.78, 5) is 12.7. The summed E-state index contributed by atoms with van der Waals surface area (Å²) in [5.41, 5.74) is 1.33. The molecule has 3 aromatic carbocycles. The van der Waals surface area contributed by atoms with E-state index in [1.165, 1.54) is 0 Å². The molecule has 2 atom stereocenters. The minimum Gasteiger partial charge on any atom is -0.497 e. The van der Waals surface area contributed by atoms with Gasteiger partial charge >= 0.3 is 0 Å². The van der Waals surface area contributed by atoms with E-state index < -0.39 is 12.1 Å². The van der Waals surface area contributed by atoms with Crippen LogP contribution in [0.1, 0.15) is 28.9 Å². The summed E-state index contributed by atoms with van der Waals surface area (Å²) in [6.07, 6.45) is -0.801. The number of fused-ring (bicyclic) bond motifs is 1. The molecule has 2 N–H and O–H groups in total. The molecule has 2 unspecified atom stereocenters. The summed E-state index contributed by atoms with van der Waals surface area (Å²) < 4.78 is 5.12. The predicted molar refractivity (Wildman–Crippen MR) is 98.8 cm³/mol. The van der Waals surface area contributed by atoms with Crippen molar-refractivity contribution in [1.29, 1.82) is 0 Å². The maximum absolute atomic E-state index is 12.7. The van der Waals surface area contributed by atoms with E-state index in [0.29, 0.717) is 5.56 Å². The van der Waals surface area contributed by atoms with Crippen molar-refractivity contribution in [2.75, 3.05) is 7.11 Å². The first-order chi connectivity index (χ1) is 12.1. The average molecular weight is 335 g/mol. The minimum absolute atomic E-state index is 0.197. The normalized spacial score (nSPS) is 13.2. The standard InChI is InChI=1S/C21H21NO3/c1-14(20(23)16-10-12-17(25-2)13-11-16)22-21(24)19-9-5-7-15-6-3-4-8-18(15)19/h3-14,20,23H,1-2H3,(H,22,24). The second-order valence-electron chi connectivity index (χ2n) is 6.01. The van der Waals surface area contributed by atoms with Gasteiger partial charge in [-0.25, -0.2) is 0 Å². The van der Waals surface area contributed by atoms with Gasteiger partial charge in [0.05, 0.1) is 19.3 Å². The van der Waals surface area contributed by atoms with Gasteiger partial charge in [0.2, 0.25) is 0 Å². The number of hydrogen-bond donors (Lipinski definition) is 2. The molecule has 3 aromatic rings. The number of hydrogen-bond acceptors (Lipinski definition) is 3. The van der Waals surface area contributed by atoms with E-state index in [1.807, 2.05) is 36.4 Å². The van der Waals surface area contributed by atoms with Crippen molar-refractivity contribution in [3.63, 3.8) is 0 Å². The van der Waals surface area contributed by atoms with Crippen LogP contribution in [-0.2, 0) is 0 Å². The fourth-order valence-electron chi connectivity index (χ4n) is 2.88. The Morgan fingerprint density at radius 1 is 1.00 bits per heavy atom. The second kappa shape index (κ2) is 7.36. The molecule has 0 fully saturated rings. The summed E-state index contributed by atoms with van der Waals surface area (Å²) in [7, 11) is 1.60. The number of ether oxygens (including phenoxy) is 1. The van der Waals surface area contributed by atoms with E-state index in [2.05, 4.69) is 5.32 Å². The van der Waals surface area contributed by atoms with Gasteiger partial charge in [-0.3, -0.25) is 4.79 Å². The minimum atomic E-state index is -0.801. The van der Waals surface area contributed by atoms with E-state index in [9.17, 15) is 9.90 Å². The Hall–Kier alpha value is -2.85. The summed E-state index contributed by atoms with van der Waals surface area (Å²) in [5, 5.41) is 15.3. The lowest BCUT2D eigenvalue weighted by molar-refractivity contribution is 0.0853. The van der Waals surface area contributed by atoms with Gasteiger partial charge in [0, 0.05) is 5.56 Å².